The molecular weight excluding hydrogens is 348 g/mol. The molecule has 0 aliphatic rings. The molecule has 0 bridgehead atoms. The summed E-state index contributed by atoms with van der Waals surface area (Å²) in [6, 6.07) is 0.267. The first-order chi connectivity index (χ1) is 13.2. The van der Waals surface area contributed by atoms with Gasteiger partial charge in [0, 0.05) is 42.0 Å². The molecule has 0 radical (unpaired) electrons. The molecule has 3 heterocycles. The van der Waals surface area contributed by atoms with Crippen LogP contribution in [0.5, 0.6) is 0 Å². The molecule has 0 aliphatic carbocycles. The highest BCUT2D eigenvalue weighted by Crippen LogP contribution is 2.23. The Hall–Kier alpha value is -2.37. The van der Waals surface area contributed by atoms with Crippen LogP contribution in [0.2, 0.25) is 0 Å². The van der Waals surface area contributed by atoms with Crippen molar-refractivity contribution in [2.45, 2.75) is 86.1 Å². The van der Waals surface area contributed by atoms with E-state index in [2.05, 4.69) is 75.0 Å². The van der Waals surface area contributed by atoms with Crippen molar-refractivity contribution in [3.05, 3.63) is 51.9 Å². The van der Waals surface area contributed by atoms with Gasteiger partial charge in [-0.25, -0.2) is 9.97 Å². The predicted octanol–water partition coefficient (Wildman–Crippen LogP) is 4.84. The standard InChI is InChI=1S/C22H34N6/c1-12(2)22-17(7)24-21(26-22)9-13(3)19-11-23-20(25-19)10-14(4)28-18(8)15(5)16(6)27-28/h11-14H,9-10H2,1-8H3,(H,23,25)(H,24,26). The summed E-state index contributed by atoms with van der Waals surface area (Å²) >= 11 is 0. The molecule has 2 unspecified atom stereocenters. The quantitative estimate of drug-likeness (QED) is 0.614. The topological polar surface area (TPSA) is 75.2 Å². The number of nitrogens with zero attached hydrogens (tertiary/aromatic N) is 4. The van der Waals surface area contributed by atoms with Crippen molar-refractivity contribution in [1.29, 1.82) is 0 Å². The second kappa shape index (κ2) is 7.94. The summed E-state index contributed by atoms with van der Waals surface area (Å²) < 4.78 is 2.12. The summed E-state index contributed by atoms with van der Waals surface area (Å²) in [6.07, 6.45) is 3.69. The highest BCUT2D eigenvalue weighted by molar-refractivity contribution is 5.23. The second-order valence-corrected chi connectivity index (χ2v) is 8.52. The summed E-state index contributed by atoms with van der Waals surface area (Å²) in [6.45, 7) is 17.2. The van der Waals surface area contributed by atoms with Gasteiger partial charge in [0.2, 0.25) is 0 Å². The lowest BCUT2D eigenvalue weighted by Crippen LogP contribution is -2.12. The molecule has 6 nitrogen and oxygen atoms in total. The Kier molecular flexibility index (Phi) is 5.77. The van der Waals surface area contributed by atoms with Crippen LogP contribution in [-0.4, -0.2) is 29.7 Å². The third-order valence-corrected chi connectivity index (χ3v) is 5.82. The van der Waals surface area contributed by atoms with E-state index in [4.69, 9.17) is 10.1 Å². The Bertz CT molecular complexity index is 943. The van der Waals surface area contributed by atoms with E-state index in [0.717, 1.165) is 41.6 Å². The first kappa shape index (κ1) is 20.4. The number of aromatic amines is 2. The van der Waals surface area contributed by atoms with E-state index < -0.39 is 0 Å². The largest absolute Gasteiger partial charge is 0.346 e. The molecule has 3 rings (SSSR count). The third kappa shape index (κ3) is 4.05. The van der Waals surface area contributed by atoms with E-state index in [9.17, 15) is 0 Å². The predicted molar refractivity (Wildman–Crippen MR) is 113 cm³/mol. The maximum absolute atomic E-state index is 4.71. The van der Waals surface area contributed by atoms with E-state index in [-0.39, 0.29) is 6.04 Å². The first-order valence-corrected chi connectivity index (χ1v) is 10.3. The van der Waals surface area contributed by atoms with Gasteiger partial charge in [0.25, 0.3) is 0 Å². The van der Waals surface area contributed by atoms with Gasteiger partial charge in [0.15, 0.2) is 0 Å². The van der Waals surface area contributed by atoms with Crippen molar-refractivity contribution >= 4 is 0 Å². The molecule has 3 aromatic rings. The average molecular weight is 383 g/mol. The molecule has 28 heavy (non-hydrogen) atoms. The molecule has 2 atom stereocenters. The first-order valence-electron chi connectivity index (χ1n) is 10.3. The third-order valence-electron chi connectivity index (χ3n) is 5.82. The summed E-state index contributed by atoms with van der Waals surface area (Å²) in [5.41, 5.74) is 7.12. The van der Waals surface area contributed by atoms with Gasteiger partial charge in [-0.1, -0.05) is 20.8 Å². The minimum Gasteiger partial charge on any atom is -0.346 e. The zero-order valence-corrected chi connectivity index (χ0v) is 18.5. The number of aromatic nitrogens is 6. The average Bonchev–Trinajstić information content (AvgIpc) is 3.30. The molecule has 2 N–H and O–H groups in total. The fraction of sp³-hybridized carbons (Fsp3) is 0.591. The van der Waals surface area contributed by atoms with Gasteiger partial charge >= 0.3 is 0 Å². The normalized spacial score (nSPS) is 14.0. The minimum absolute atomic E-state index is 0.267. The van der Waals surface area contributed by atoms with Crippen LogP contribution in [0, 0.1) is 27.7 Å². The Labute approximate surface area is 168 Å². The second-order valence-electron chi connectivity index (χ2n) is 8.52. The van der Waals surface area contributed by atoms with Crippen molar-refractivity contribution in [3.63, 3.8) is 0 Å². The van der Waals surface area contributed by atoms with Gasteiger partial charge in [-0.2, -0.15) is 5.10 Å². The molecule has 3 aromatic heterocycles. The minimum atomic E-state index is 0.267. The van der Waals surface area contributed by atoms with Crippen molar-refractivity contribution in [2.75, 3.05) is 0 Å². The molecule has 6 heteroatoms. The molecule has 0 aromatic carbocycles. The Morgan fingerprint density at radius 3 is 2.21 bits per heavy atom. The zero-order valence-electron chi connectivity index (χ0n) is 18.5. The van der Waals surface area contributed by atoms with Crippen molar-refractivity contribution in [1.82, 2.24) is 29.7 Å². The maximum atomic E-state index is 4.71. The van der Waals surface area contributed by atoms with Gasteiger partial charge < -0.3 is 9.97 Å². The maximum Gasteiger partial charge on any atom is 0.108 e. The highest BCUT2D eigenvalue weighted by Gasteiger charge is 2.18. The van der Waals surface area contributed by atoms with Crippen LogP contribution in [0.4, 0.5) is 0 Å². The lowest BCUT2D eigenvalue weighted by atomic mass is 10.0. The van der Waals surface area contributed by atoms with Gasteiger partial charge in [0.05, 0.1) is 17.4 Å². The van der Waals surface area contributed by atoms with Gasteiger partial charge in [0.1, 0.15) is 11.6 Å². The van der Waals surface area contributed by atoms with Gasteiger partial charge in [-0.15, -0.1) is 0 Å². The smallest absolute Gasteiger partial charge is 0.108 e. The number of nitrogens with one attached hydrogen (secondary N) is 2. The molecule has 0 spiro atoms. The fourth-order valence-corrected chi connectivity index (χ4v) is 3.87. The number of imidazole rings is 2. The van der Waals surface area contributed by atoms with Crippen molar-refractivity contribution in [2.24, 2.45) is 0 Å². The molecule has 0 fully saturated rings. The highest BCUT2D eigenvalue weighted by atomic mass is 15.3. The van der Waals surface area contributed by atoms with Crippen LogP contribution in [-0.2, 0) is 12.8 Å². The lowest BCUT2D eigenvalue weighted by molar-refractivity contribution is 0.467. The zero-order chi connectivity index (χ0) is 20.6. The summed E-state index contributed by atoms with van der Waals surface area (Å²) in [4.78, 5) is 16.4. The Morgan fingerprint density at radius 1 is 0.929 bits per heavy atom. The number of rotatable bonds is 7. The van der Waals surface area contributed by atoms with E-state index in [1.807, 2.05) is 6.20 Å². The Morgan fingerprint density at radius 2 is 1.64 bits per heavy atom. The monoisotopic (exact) mass is 382 g/mol. The Balaban J connectivity index is 1.67. The summed E-state index contributed by atoms with van der Waals surface area (Å²) in [5.74, 6) is 2.86. The van der Waals surface area contributed by atoms with E-state index in [0.29, 0.717) is 11.8 Å². The number of hydrogen-bond acceptors (Lipinski definition) is 3. The summed E-state index contributed by atoms with van der Waals surface area (Å²) in [7, 11) is 0. The van der Waals surface area contributed by atoms with Crippen LogP contribution in [0.15, 0.2) is 6.20 Å². The van der Waals surface area contributed by atoms with E-state index in [1.54, 1.807) is 0 Å². The number of aryl methyl sites for hydroxylation is 2. The molecule has 0 amide bonds. The van der Waals surface area contributed by atoms with Crippen molar-refractivity contribution < 1.29 is 0 Å². The molecule has 0 aliphatic heterocycles. The molecule has 152 valence electrons. The molecular formula is C22H34N6. The molecule has 0 saturated heterocycles. The van der Waals surface area contributed by atoms with Gasteiger partial charge in [-0.05, 0) is 46.1 Å². The van der Waals surface area contributed by atoms with Crippen LogP contribution in [0.1, 0.15) is 91.3 Å². The van der Waals surface area contributed by atoms with Crippen LogP contribution in [0.3, 0.4) is 0 Å². The lowest BCUT2D eigenvalue weighted by Gasteiger charge is -2.13. The van der Waals surface area contributed by atoms with E-state index >= 15 is 0 Å². The van der Waals surface area contributed by atoms with Crippen LogP contribution >= 0.6 is 0 Å². The van der Waals surface area contributed by atoms with Crippen LogP contribution in [0.25, 0.3) is 0 Å². The fourth-order valence-electron chi connectivity index (χ4n) is 3.87. The summed E-state index contributed by atoms with van der Waals surface area (Å²) in [5, 5.41) is 4.69. The van der Waals surface area contributed by atoms with Gasteiger partial charge in [-0.3, -0.25) is 4.68 Å². The van der Waals surface area contributed by atoms with Crippen LogP contribution < -0.4 is 0 Å². The van der Waals surface area contributed by atoms with E-state index in [1.165, 1.54) is 17.0 Å². The SMILES string of the molecule is Cc1nc(CC(C)c2cnc(CC(C)n3nc(C)c(C)c3C)[nH]2)[nH]c1C(C)C. The number of hydrogen-bond donors (Lipinski definition) is 2. The molecule has 0 saturated carbocycles. The number of H-pyrrole nitrogens is 2. The van der Waals surface area contributed by atoms with Crippen molar-refractivity contribution in [3.8, 4) is 0 Å².